The van der Waals surface area contributed by atoms with Crippen LogP contribution in [0.25, 0.3) is 0 Å². The first-order valence-corrected chi connectivity index (χ1v) is 8.58. The number of benzene rings is 1. The molecule has 3 nitrogen and oxygen atoms in total. The maximum atomic E-state index is 11.4. The first kappa shape index (κ1) is 15.9. The van der Waals surface area contributed by atoms with E-state index in [-0.39, 0.29) is 0 Å². The number of carboxylic acids is 1. The quantitative estimate of drug-likeness (QED) is 0.662. The van der Waals surface area contributed by atoms with Gasteiger partial charge in [-0.2, -0.15) is 0 Å². The topological polar surface area (TPSA) is 42.2 Å². The summed E-state index contributed by atoms with van der Waals surface area (Å²) in [5, 5.41) is 9.38. The Kier molecular flexibility index (Phi) is 4.62. The maximum absolute atomic E-state index is 11.4. The highest BCUT2D eigenvalue weighted by Gasteiger charge is 2.28. The summed E-state index contributed by atoms with van der Waals surface area (Å²) in [6.45, 7) is 3.01. The number of thiocarbonyl (C=S) groups is 1. The summed E-state index contributed by atoms with van der Waals surface area (Å²) in [7, 11) is 0. The summed E-state index contributed by atoms with van der Waals surface area (Å²) in [5.41, 5.74) is 4.19. The largest absolute Gasteiger partial charge is 0.481 e. The number of aryl methyl sites for hydroxylation is 1. The van der Waals surface area contributed by atoms with Crippen LogP contribution in [0.15, 0.2) is 36.4 Å². The maximum Gasteiger partial charge on any atom is 0.312 e. The molecule has 3 rings (SSSR count). The van der Waals surface area contributed by atoms with E-state index >= 15 is 0 Å². The summed E-state index contributed by atoms with van der Waals surface area (Å²) in [4.78, 5) is 12.2. The monoisotopic (exact) mass is 327 g/mol. The van der Waals surface area contributed by atoms with Gasteiger partial charge in [0, 0.05) is 12.2 Å². The van der Waals surface area contributed by atoms with Crippen molar-refractivity contribution in [2.24, 2.45) is 0 Å². The Balaban J connectivity index is 1.90. The minimum absolute atomic E-state index is 0.410. The summed E-state index contributed by atoms with van der Waals surface area (Å²) in [5.74, 6) is -1.15. The van der Waals surface area contributed by atoms with Gasteiger partial charge in [0.2, 0.25) is 0 Å². The fourth-order valence-electron chi connectivity index (χ4n) is 3.35. The van der Waals surface area contributed by atoms with Gasteiger partial charge in [0.15, 0.2) is 0 Å². The molecule has 0 spiro atoms. The molecule has 1 atom stereocenters. The SMILES string of the molecule is CCCc1ccc(C(=S)c2ccc3n2CCCC3C(=O)O)cc1. The molecule has 0 radical (unpaired) electrons. The predicted octanol–water partition coefficient (Wildman–Crippen LogP) is 4.17. The van der Waals surface area contributed by atoms with Crippen molar-refractivity contribution < 1.29 is 9.90 Å². The molecule has 1 aliphatic heterocycles. The second-order valence-corrected chi connectivity index (χ2v) is 6.51. The van der Waals surface area contributed by atoms with Crippen molar-refractivity contribution in [1.82, 2.24) is 4.57 Å². The average molecular weight is 327 g/mol. The van der Waals surface area contributed by atoms with E-state index < -0.39 is 11.9 Å². The molecule has 1 unspecified atom stereocenters. The lowest BCUT2D eigenvalue weighted by molar-refractivity contribution is -0.139. The van der Waals surface area contributed by atoms with Crippen molar-refractivity contribution in [3.63, 3.8) is 0 Å². The molecule has 1 aromatic heterocycles. The number of rotatable bonds is 5. The van der Waals surface area contributed by atoms with Crippen LogP contribution < -0.4 is 0 Å². The van der Waals surface area contributed by atoms with E-state index in [4.69, 9.17) is 12.2 Å². The minimum Gasteiger partial charge on any atom is -0.481 e. The fourth-order valence-corrected chi connectivity index (χ4v) is 3.66. The van der Waals surface area contributed by atoms with Gasteiger partial charge in [-0.25, -0.2) is 0 Å². The first-order valence-electron chi connectivity index (χ1n) is 8.17. The number of hydrogen-bond donors (Lipinski definition) is 1. The van der Waals surface area contributed by atoms with Crippen molar-refractivity contribution in [1.29, 1.82) is 0 Å². The molecule has 1 N–H and O–H groups in total. The summed E-state index contributed by atoms with van der Waals surface area (Å²) in [6.07, 6.45) is 3.79. The van der Waals surface area contributed by atoms with Gasteiger partial charge in [0.05, 0.1) is 16.5 Å². The van der Waals surface area contributed by atoms with Crippen LogP contribution in [0.5, 0.6) is 0 Å². The lowest BCUT2D eigenvalue weighted by Gasteiger charge is -2.23. The van der Waals surface area contributed by atoms with E-state index in [1.165, 1.54) is 5.56 Å². The predicted molar refractivity (Wildman–Crippen MR) is 95.3 cm³/mol. The number of nitrogens with zero attached hydrogens (tertiary/aromatic N) is 1. The average Bonchev–Trinajstić information content (AvgIpc) is 2.99. The summed E-state index contributed by atoms with van der Waals surface area (Å²) >= 11 is 5.67. The number of carbonyl (C=O) groups is 1. The van der Waals surface area contributed by atoms with Gasteiger partial charge in [-0.05, 0) is 42.5 Å². The molecule has 23 heavy (non-hydrogen) atoms. The standard InChI is InChI=1S/C19H21NO2S/c1-2-4-13-6-8-14(9-7-13)18(23)17-11-10-16-15(19(21)22)5-3-12-20(16)17/h6-11,15H,2-5,12H2,1H3,(H,21,22). The molecule has 2 heterocycles. The van der Waals surface area contributed by atoms with E-state index in [0.717, 1.165) is 47.6 Å². The van der Waals surface area contributed by atoms with Crippen molar-refractivity contribution in [3.8, 4) is 0 Å². The van der Waals surface area contributed by atoms with Crippen LogP contribution in [0.1, 0.15) is 54.6 Å². The highest BCUT2D eigenvalue weighted by molar-refractivity contribution is 7.81. The van der Waals surface area contributed by atoms with E-state index in [1.807, 2.05) is 12.1 Å². The number of fused-ring (bicyclic) bond motifs is 1. The van der Waals surface area contributed by atoms with Crippen LogP contribution in [0, 0.1) is 0 Å². The van der Waals surface area contributed by atoms with Crippen molar-refractivity contribution in [2.45, 2.75) is 45.1 Å². The molecule has 0 fully saturated rings. The van der Waals surface area contributed by atoms with Crippen molar-refractivity contribution in [2.75, 3.05) is 0 Å². The molecular weight excluding hydrogens is 306 g/mol. The Labute approximate surface area is 142 Å². The number of aliphatic carboxylic acids is 1. The Morgan fingerprint density at radius 2 is 2.00 bits per heavy atom. The van der Waals surface area contributed by atoms with Gasteiger partial charge in [-0.3, -0.25) is 4.79 Å². The zero-order chi connectivity index (χ0) is 16.4. The van der Waals surface area contributed by atoms with Crippen LogP contribution >= 0.6 is 12.2 Å². The third-order valence-corrected chi connectivity index (χ3v) is 4.98. The van der Waals surface area contributed by atoms with Crippen LogP contribution in [0.4, 0.5) is 0 Å². The fraction of sp³-hybridized carbons (Fsp3) is 0.368. The van der Waals surface area contributed by atoms with Gasteiger partial charge in [0.25, 0.3) is 0 Å². The van der Waals surface area contributed by atoms with Gasteiger partial charge in [0.1, 0.15) is 0 Å². The Bertz CT molecular complexity index is 730. The molecule has 2 aromatic rings. The Hall–Kier alpha value is -1.94. The smallest absolute Gasteiger partial charge is 0.312 e. The molecule has 1 aliphatic rings. The number of aromatic nitrogens is 1. The zero-order valence-electron chi connectivity index (χ0n) is 13.3. The van der Waals surface area contributed by atoms with E-state index in [9.17, 15) is 9.90 Å². The van der Waals surface area contributed by atoms with Gasteiger partial charge in [-0.1, -0.05) is 49.8 Å². The molecule has 0 saturated carbocycles. The first-order chi connectivity index (χ1) is 11.1. The van der Waals surface area contributed by atoms with Crippen molar-refractivity contribution >= 4 is 23.1 Å². The van der Waals surface area contributed by atoms with Gasteiger partial charge < -0.3 is 9.67 Å². The molecule has 1 aromatic carbocycles. The second kappa shape index (κ2) is 6.67. The highest BCUT2D eigenvalue weighted by atomic mass is 32.1. The second-order valence-electron chi connectivity index (χ2n) is 6.10. The lowest BCUT2D eigenvalue weighted by Crippen LogP contribution is -2.23. The van der Waals surface area contributed by atoms with Gasteiger partial charge in [-0.15, -0.1) is 0 Å². The third kappa shape index (κ3) is 3.08. The van der Waals surface area contributed by atoms with Crippen molar-refractivity contribution in [3.05, 3.63) is 58.9 Å². The summed E-state index contributed by atoms with van der Waals surface area (Å²) in [6, 6.07) is 12.3. The van der Waals surface area contributed by atoms with Crippen LogP contribution in [-0.4, -0.2) is 20.5 Å². The van der Waals surface area contributed by atoms with Crippen LogP contribution in [0.3, 0.4) is 0 Å². The molecular formula is C19H21NO2S. The lowest BCUT2D eigenvalue weighted by atomic mass is 9.96. The van der Waals surface area contributed by atoms with Crippen LogP contribution in [-0.2, 0) is 17.8 Å². The van der Waals surface area contributed by atoms with E-state index in [0.29, 0.717) is 6.42 Å². The molecule has 0 saturated heterocycles. The number of carboxylic acid groups (broad SMARTS) is 1. The third-order valence-electron chi connectivity index (χ3n) is 4.53. The normalized spacial score (nSPS) is 16.8. The van der Waals surface area contributed by atoms with E-state index in [2.05, 4.69) is 35.8 Å². The molecule has 0 bridgehead atoms. The Morgan fingerprint density at radius 1 is 1.26 bits per heavy atom. The van der Waals surface area contributed by atoms with E-state index in [1.54, 1.807) is 0 Å². The zero-order valence-corrected chi connectivity index (χ0v) is 14.1. The molecule has 120 valence electrons. The molecule has 0 amide bonds. The van der Waals surface area contributed by atoms with Crippen LogP contribution in [0.2, 0.25) is 0 Å². The number of hydrogen-bond acceptors (Lipinski definition) is 2. The Morgan fingerprint density at radius 3 is 2.65 bits per heavy atom. The minimum atomic E-state index is -0.745. The molecule has 4 heteroatoms. The van der Waals surface area contributed by atoms with Gasteiger partial charge >= 0.3 is 5.97 Å². The molecule has 0 aliphatic carbocycles. The highest BCUT2D eigenvalue weighted by Crippen LogP contribution is 2.30. The summed E-state index contributed by atoms with van der Waals surface area (Å²) < 4.78 is 2.09.